The standard InChI is InChI=1S/C15H15N3O5/c1-8(13(20)18-15(22)16-2)23-14(21)10-7-12(19)17-11-6-4-3-5-9(10)11/h3-8H,1-2H3,(H,17,19)(H2,16,18,20,22). The van der Waals surface area contributed by atoms with E-state index in [1.165, 1.54) is 14.0 Å². The molecule has 0 radical (unpaired) electrons. The zero-order chi connectivity index (χ0) is 17.0. The number of hydrogen-bond acceptors (Lipinski definition) is 5. The summed E-state index contributed by atoms with van der Waals surface area (Å²) in [5.74, 6) is -1.60. The Balaban J connectivity index is 2.23. The third-order valence-electron chi connectivity index (χ3n) is 3.09. The SMILES string of the molecule is CNC(=O)NC(=O)C(C)OC(=O)c1cc(=O)[nH]c2ccccc12. The molecule has 8 heteroatoms. The predicted octanol–water partition coefficient (Wildman–Crippen LogP) is 0.529. The van der Waals surface area contributed by atoms with E-state index < -0.39 is 29.6 Å². The summed E-state index contributed by atoms with van der Waals surface area (Å²) in [7, 11) is 1.35. The lowest BCUT2D eigenvalue weighted by atomic mass is 10.1. The van der Waals surface area contributed by atoms with Gasteiger partial charge in [-0.05, 0) is 13.0 Å². The fraction of sp³-hybridized carbons (Fsp3) is 0.200. The largest absolute Gasteiger partial charge is 0.449 e. The van der Waals surface area contributed by atoms with Crippen molar-refractivity contribution in [3.8, 4) is 0 Å². The lowest BCUT2D eigenvalue weighted by molar-refractivity contribution is -0.127. The molecule has 0 fully saturated rings. The van der Waals surface area contributed by atoms with E-state index in [4.69, 9.17) is 4.74 Å². The second kappa shape index (κ2) is 6.73. The number of carbonyl (C=O) groups excluding carboxylic acids is 3. The summed E-state index contributed by atoms with van der Waals surface area (Å²) in [4.78, 5) is 49.2. The highest BCUT2D eigenvalue weighted by Crippen LogP contribution is 2.16. The maximum Gasteiger partial charge on any atom is 0.339 e. The van der Waals surface area contributed by atoms with Gasteiger partial charge in [-0.25, -0.2) is 9.59 Å². The van der Waals surface area contributed by atoms with Crippen LogP contribution in [0.5, 0.6) is 0 Å². The summed E-state index contributed by atoms with van der Waals surface area (Å²) in [6.07, 6.45) is -1.20. The smallest absolute Gasteiger partial charge is 0.339 e. The zero-order valence-electron chi connectivity index (χ0n) is 12.5. The van der Waals surface area contributed by atoms with Crippen LogP contribution in [0.3, 0.4) is 0 Å². The molecule has 1 heterocycles. The molecule has 0 saturated carbocycles. The fourth-order valence-corrected chi connectivity index (χ4v) is 1.93. The summed E-state index contributed by atoms with van der Waals surface area (Å²) in [5, 5.41) is 4.71. The van der Waals surface area contributed by atoms with Crippen molar-refractivity contribution >= 4 is 28.8 Å². The van der Waals surface area contributed by atoms with Gasteiger partial charge in [0, 0.05) is 24.0 Å². The number of esters is 1. The number of para-hydroxylation sites is 1. The molecule has 1 aromatic heterocycles. The van der Waals surface area contributed by atoms with E-state index in [9.17, 15) is 19.2 Å². The van der Waals surface area contributed by atoms with Crippen molar-refractivity contribution in [1.29, 1.82) is 0 Å². The summed E-state index contributed by atoms with van der Waals surface area (Å²) in [6, 6.07) is 7.12. The van der Waals surface area contributed by atoms with Gasteiger partial charge >= 0.3 is 12.0 Å². The number of carbonyl (C=O) groups is 3. The zero-order valence-corrected chi connectivity index (χ0v) is 12.5. The van der Waals surface area contributed by atoms with E-state index in [1.807, 2.05) is 5.32 Å². The number of aromatic nitrogens is 1. The molecule has 2 aromatic rings. The van der Waals surface area contributed by atoms with E-state index >= 15 is 0 Å². The molecule has 0 aliphatic heterocycles. The maximum atomic E-state index is 12.2. The van der Waals surface area contributed by atoms with Crippen LogP contribution in [0.25, 0.3) is 10.9 Å². The van der Waals surface area contributed by atoms with Gasteiger partial charge in [0.25, 0.3) is 5.91 Å². The molecule has 23 heavy (non-hydrogen) atoms. The van der Waals surface area contributed by atoms with E-state index in [0.717, 1.165) is 6.07 Å². The van der Waals surface area contributed by atoms with Gasteiger partial charge in [0.15, 0.2) is 6.10 Å². The minimum Gasteiger partial charge on any atom is -0.449 e. The van der Waals surface area contributed by atoms with Crippen LogP contribution in [-0.4, -0.2) is 36.0 Å². The normalized spacial score (nSPS) is 11.6. The lowest BCUT2D eigenvalue weighted by Crippen LogP contribution is -2.43. The van der Waals surface area contributed by atoms with E-state index in [1.54, 1.807) is 24.3 Å². The molecule has 3 amide bonds. The highest BCUT2D eigenvalue weighted by atomic mass is 16.5. The van der Waals surface area contributed by atoms with Crippen molar-refractivity contribution in [2.24, 2.45) is 0 Å². The number of amides is 3. The van der Waals surface area contributed by atoms with Crippen LogP contribution in [0, 0.1) is 0 Å². The molecule has 0 spiro atoms. The molecule has 0 aliphatic carbocycles. The maximum absolute atomic E-state index is 12.2. The van der Waals surface area contributed by atoms with Gasteiger partial charge in [0.05, 0.1) is 5.56 Å². The Bertz CT molecular complexity index is 827. The van der Waals surface area contributed by atoms with E-state index in [2.05, 4.69) is 10.3 Å². The summed E-state index contributed by atoms with van der Waals surface area (Å²) >= 11 is 0. The van der Waals surface area contributed by atoms with Crippen LogP contribution in [0.15, 0.2) is 35.1 Å². The minimum atomic E-state index is -1.20. The predicted molar refractivity (Wildman–Crippen MR) is 82.0 cm³/mol. The number of ether oxygens (including phenoxy) is 1. The number of imide groups is 1. The minimum absolute atomic E-state index is 0.0453. The third kappa shape index (κ3) is 3.73. The molecule has 2 rings (SSSR count). The summed E-state index contributed by atoms with van der Waals surface area (Å²) in [6.45, 7) is 1.32. The number of rotatable bonds is 3. The van der Waals surface area contributed by atoms with Gasteiger partial charge in [-0.1, -0.05) is 18.2 Å². The number of benzene rings is 1. The second-order valence-electron chi connectivity index (χ2n) is 4.71. The Morgan fingerprint density at radius 1 is 1.22 bits per heavy atom. The van der Waals surface area contributed by atoms with Crippen LogP contribution < -0.4 is 16.2 Å². The number of pyridine rings is 1. The van der Waals surface area contributed by atoms with Crippen molar-refractivity contribution in [3.05, 3.63) is 46.2 Å². The van der Waals surface area contributed by atoms with Gasteiger partial charge < -0.3 is 15.0 Å². The Kier molecular flexibility index (Phi) is 4.75. The lowest BCUT2D eigenvalue weighted by Gasteiger charge is -2.13. The molecule has 8 nitrogen and oxygen atoms in total. The van der Waals surface area contributed by atoms with Gasteiger partial charge in [-0.3, -0.25) is 14.9 Å². The Labute approximate surface area is 130 Å². The molecular formula is C15H15N3O5. The van der Waals surface area contributed by atoms with Crippen LogP contribution in [0.1, 0.15) is 17.3 Å². The Morgan fingerprint density at radius 3 is 2.61 bits per heavy atom. The molecule has 0 aliphatic rings. The number of hydrogen-bond donors (Lipinski definition) is 3. The molecule has 1 aromatic carbocycles. The van der Waals surface area contributed by atoms with Crippen molar-refractivity contribution < 1.29 is 19.1 Å². The van der Waals surface area contributed by atoms with Crippen molar-refractivity contribution in [3.63, 3.8) is 0 Å². The number of urea groups is 1. The van der Waals surface area contributed by atoms with Gasteiger partial charge in [0.1, 0.15) is 0 Å². The summed E-state index contributed by atoms with van der Waals surface area (Å²) < 4.78 is 5.02. The van der Waals surface area contributed by atoms with Crippen molar-refractivity contribution in [2.45, 2.75) is 13.0 Å². The monoisotopic (exact) mass is 317 g/mol. The molecular weight excluding hydrogens is 302 g/mol. The molecule has 1 atom stereocenters. The average Bonchev–Trinajstić information content (AvgIpc) is 2.53. The van der Waals surface area contributed by atoms with Gasteiger partial charge in [-0.15, -0.1) is 0 Å². The second-order valence-corrected chi connectivity index (χ2v) is 4.71. The van der Waals surface area contributed by atoms with Gasteiger partial charge in [0.2, 0.25) is 5.56 Å². The number of H-pyrrole nitrogens is 1. The first-order valence-corrected chi connectivity index (χ1v) is 6.78. The number of nitrogens with one attached hydrogen (secondary N) is 3. The van der Waals surface area contributed by atoms with Crippen molar-refractivity contribution in [2.75, 3.05) is 7.05 Å². The molecule has 3 N–H and O–H groups in total. The molecule has 0 saturated heterocycles. The number of aromatic amines is 1. The van der Waals surface area contributed by atoms with Gasteiger partial charge in [-0.2, -0.15) is 0 Å². The first-order chi connectivity index (χ1) is 10.9. The Hall–Kier alpha value is -3.16. The van der Waals surface area contributed by atoms with E-state index in [-0.39, 0.29) is 5.56 Å². The van der Waals surface area contributed by atoms with E-state index in [0.29, 0.717) is 10.9 Å². The van der Waals surface area contributed by atoms with Crippen LogP contribution >= 0.6 is 0 Å². The highest BCUT2D eigenvalue weighted by Gasteiger charge is 2.22. The topological polar surface area (TPSA) is 117 Å². The molecule has 120 valence electrons. The molecule has 0 bridgehead atoms. The first kappa shape index (κ1) is 16.2. The van der Waals surface area contributed by atoms with Crippen LogP contribution in [0.4, 0.5) is 4.79 Å². The Morgan fingerprint density at radius 2 is 1.91 bits per heavy atom. The number of fused-ring (bicyclic) bond motifs is 1. The highest BCUT2D eigenvalue weighted by molar-refractivity contribution is 6.04. The van der Waals surface area contributed by atoms with Crippen LogP contribution in [0.2, 0.25) is 0 Å². The van der Waals surface area contributed by atoms with Crippen LogP contribution in [-0.2, 0) is 9.53 Å². The summed E-state index contributed by atoms with van der Waals surface area (Å²) in [5.41, 5.74) is 0.0662. The van der Waals surface area contributed by atoms with Crippen molar-refractivity contribution in [1.82, 2.24) is 15.6 Å². The third-order valence-corrected chi connectivity index (χ3v) is 3.09. The first-order valence-electron chi connectivity index (χ1n) is 6.78. The average molecular weight is 317 g/mol. The fourth-order valence-electron chi connectivity index (χ4n) is 1.93. The quantitative estimate of drug-likeness (QED) is 0.714. The molecule has 1 unspecified atom stereocenters.